The summed E-state index contributed by atoms with van der Waals surface area (Å²) in [6.45, 7) is 1.54. The second-order valence-electron chi connectivity index (χ2n) is 5.34. The number of piperidine rings is 1. The first-order chi connectivity index (χ1) is 10.2. The fraction of sp³-hybridized carbons (Fsp3) is 0.600. The van der Waals surface area contributed by atoms with E-state index in [1.54, 1.807) is 6.20 Å². The fourth-order valence-corrected chi connectivity index (χ4v) is 2.76. The Morgan fingerprint density at radius 3 is 3.00 bits per heavy atom. The van der Waals surface area contributed by atoms with E-state index in [1.807, 2.05) is 12.1 Å². The highest BCUT2D eigenvalue weighted by atomic mass is 16.3. The Balaban J connectivity index is 2.01. The van der Waals surface area contributed by atoms with Gasteiger partial charge in [0.1, 0.15) is 5.82 Å². The Labute approximate surface area is 125 Å². The minimum absolute atomic E-state index is 0.117. The molecule has 1 fully saturated rings. The van der Waals surface area contributed by atoms with Crippen molar-refractivity contribution in [2.75, 3.05) is 29.9 Å². The second-order valence-corrected chi connectivity index (χ2v) is 5.34. The van der Waals surface area contributed by atoms with Crippen LogP contribution in [0.4, 0.5) is 11.5 Å². The molecule has 0 radical (unpaired) electrons. The summed E-state index contributed by atoms with van der Waals surface area (Å²) in [7, 11) is 0. The third kappa shape index (κ3) is 4.41. The van der Waals surface area contributed by atoms with Crippen molar-refractivity contribution in [1.29, 1.82) is 0 Å². The molecule has 1 saturated heterocycles. The number of anilines is 2. The molecule has 6 heteroatoms. The molecule has 1 aromatic heterocycles. The van der Waals surface area contributed by atoms with Crippen molar-refractivity contribution in [2.45, 2.75) is 38.1 Å². The Morgan fingerprint density at radius 2 is 2.33 bits per heavy atom. The van der Waals surface area contributed by atoms with Crippen LogP contribution in [0.25, 0.3) is 0 Å². The van der Waals surface area contributed by atoms with Crippen molar-refractivity contribution in [1.82, 2.24) is 4.98 Å². The van der Waals surface area contributed by atoms with E-state index in [-0.39, 0.29) is 12.5 Å². The van der Waals surface area contributed by atoms with Crippen LogP contribution in [-0.2, 0) is 4.79 Å². The molecular weight excluding hydrogens is 268 g/mol. The Morgan fingerprint density at radius 1 is 1.48 bits per heavy atom. The smallest absolute Gasteiger partial charge is 0.226 e. The summed E-state index contributed by atoms with van der Waals surface area (Å²) in [6.07, 6.45) is 6.35. The lowest BCUT2D eigenvalue weighted by Gasteiger charge is -2.37. The van der Waals surface area contributed by atoms with Gasteiger partial charge in [-0.05, 0) is 37.8 Å². The zero-order valence-electron chi connectivity index (χ0n) is 12.3. The zero-order valence-corrected chi connectivity index (χ0v) is 12.3. The van der Waals surface area contributed by atoms with Crippen molar-refractivity contribution in [3.05, 3.63) is 18.3 Å². The monoisotopic (exact) mass is 292 g/mol. The minimum Gasteiger partial charge on any atom is -0.396 e. The van der Waals surface area contributed by atoms with Crippen LogP contribution in [0.5, 0.6) is 0 Å². The molecule has 1 aromatic rings. The SMILES string of the molecule is NCCC(=O)Nc1ccc(N2CCCCC2CCO)cn1. The lowest BCUT2D eigenvalue weighted by Crippen LogP contribution is -2.40. The van der Waals surface area contributed by atoms with Gasteiger partial charge in [0.15, 0.2) is 0 Å². The third-order valence-corrected chi connectivity index (χ3v) is 3.81. The maximum absolute atomic E-state index is 11.5. The standard InChI is InChI=1S/C15H24N4O2/c16-8-6-15(21)18-14-5-4-13(11-17-14)19-9-2-1-3-12(19)7-10-20/h4-5,11-12,20H,1-3,6-10,16H2,(H,17,18,21). The molecule has 1 unspecified atom stereocenters. The third-order valence-electron chi connectivity index (χ3n) is 3.81. The van der Waals surface area contributed by atoms with Gasteiger partial charge in [0.25, 0.3) is 0 Å². The van der Waals surface area contributed by atoms with Crippen molar-refractivity contribution in [2.24, 2.45) is 5.73 Å². The maximum Gasteiger partial charge on any atom is 0.226 e. The molecule has 6 nitrogen and oxygen atoms in total. The van der Waals surface area contributed by atoms with E-state index in [0.29, 0.717) is 24.8 Å². The van der Waals surface area contributed by atoms with Gasteiger partial charge >= 0.3 is 0 Å². The highest BCUT2D eigenvalue weighted by molar-refractivity contribution is 5.89. The summed E-state index contributed by atoms with van der Waals surface area (Å²) in [4.78, 5) is 18.1. The number of aliphatic hydroxyl groups is 1. The van der Waals surface area contributed by atoms with E-state index in [0.717, 1.165) is 31.5 Å². The van der Waals surface area contributed by atoms with Crippen molar-refractivity contribution in [3.63, 3.8) is 0 Å². The van der Waals surface area contributed by atoms with Gasteiger partial charge in [-0.3, -0.25) is 4.79 Å². The second kappa shape index (κ2) is 7.95. The van der Waals surface area contributed by atoms with Gasteiger partial charge in [-0.25, -0.2) is 4.98 Å². The van der Waals surface area contributed by atoms with Crippen molar-refractivity contribution < 1.29 is 9.90 Å². The van der Waals surface area contributed by atoms with Crippen LogP contribution in [0, 0.1) is 0 Å². The molecule has 2 heterocycles. The summed E-state index contributed by atoms with van der Waals surface area (Å²) in [5.74, 6) is 0.432. The lowest BCUT2D eigenvalue weighted by molar-refractivity contribution is -0.116. The van der Waals surface area contributed by atoms with Crippen LogP contribution in [-0.4, -0.2) is 41.7 Å². The first-order valence-corrected chi connectivity index (χ1v) is 7.58. The number of nitrogens with zero attached hydrogens (tertiary/aromatic N) is 2. The molecule has 0 spiro atoms. The van der Waals surface area contributed by atoms with Crippen LogP contribution >= 0.6 is 0 Å². The highest BCUT2D eigenvalue weighted by Crippen LogP contribution is 2.26. The van der Waals surface area contributed by atoms with Gasteiger partial charge < -0.3 is 21.1 Å². The number of amides is 1. The number of hydrogen-bond acceptors (Lipinski definition) is 5. The van der Waals surface area contributed by atoms with Gasteiger partial charge in [0.05, 0.1) is 11.9 Å². The molecule has 2 rings (SSSR count). The van der Waals surface area contributed by atoms with Crippen LogP contribution < -0.4 is 16.0 Å². The number of aromatic nitrogens is 1. The number of pyridine rings is 1. The number of carbonyl (C=O) groups excluding carboxylic acids is 1. The highest BCUT2D eigenvalue weighted by Gasteiger charge is 2.22. The summed E-state index contributed by atoms with van der Waals surface area (Å²) in [5, 5.41) is 11.9. The quantitative estimate of drug-likeness (QED) is 0.730. The number of rotatable bonds is 6. The van der Waals surface area contributed by atoms with E-state index < -0.39 is 0 Å². The first-order valence-electron chi connectivity index (χ1n) is 7.58. The minimum atomic E-state index is -0.117. The fourth-order valence-electron chi connectivity index (χ4n) is 2.76. The molecule has 0 bridgehead atoms. The topological polar surface area (TPSA) is 91.5 Å². The molecule has 1 atom stereocenters. The molecule has 0 saturated carbocycles. The van der Waals surface area contributed by atoms with E-state index in [9.17, 15) is 9.90 Å². The summed E-state index contributed by atoms with van der Waals surface area (Å²) in [5.41, 5.74) is 6.39. The largest absolute Gasteiger partial charge is 0.396 e. The molecule has 4 N–H and O–H groups in total. The average molecular weight is 292 g/mol. The van der Waals surface area contributed by atoms with Crippen LogP contribution in [0.1, 0.15) is 32.1 Å². The van der Waals surface area contributed by atoms with Crippen LogP contribution in [0.3, 0.4) is 0 Å². The van der Waals surface area contributed by atoms with Crippen molar-refractivity contribution in [3.8, 4) is 0 Å². The van der Waals surface area contributed by atoms with Crippen molar-refractivity contribution >= 4 is 17.4 Å². The Hall–Kier alpha value is -1.66. The number of carbonyl (C=O) groups is 1. The van der Waals surface area contributed by atoms with Gasteiger partial charge in [-0.15, -0.1) is 0 Å². The van der Waals surface area contributed by atoms with Gasteiger partial charge in [-0.2, -0.15) is 0 Å². The van der Waals surface area contributed by atoms with E-state index >= 15 is 0 Å². The molecule has 0 aliphatic carbocycles. The molecule has 1 aliphatic heterocycles. The van der Waals surface area contributed by atoms with Gasteiger partial charge in [-0.1, -0.05) is 0 Å². The number of hydrogen-bond donors (Lipinski definition) is 3. The van der Waals surface area contributed by atoms with Crippen LogP contribution in [0.15, 0.2) is 18.3 Å². The molecule has 0 aromatic carbocycles. The van der Waals surface area contributed by atoms with Gasteiger partial charge in [0.2, 0.25) is 5.91 Å². The Kier molecular flexibility index (Phi) is 5.95. The number of aliphatic hydroxyl groups excluding tert-OH is 1. The molecule has 1 aliphatic rings. The molecule has 21 heavy (non-hydrogen) atoms. The molecule has 116 valence electrons. The van der Waals surface area contributed by atoms with Crippen LogP contribution in [0.2, 0.25) is 0 Å². The maximum atomic E-state index is 11.5. The Bertz CT molecular complexity index is 447. The van der Waals surface area contributed by atoms with E-state index in [4.69, 9.17) is 5.73 Å². The van der Waals surface area contributed by atoms with E-state index in [1.165, 1.54) is 6.42 Å². The summed E-state index contributed by atoms with van der Waals surface area (Å²) in [6, 6.07) is 4.16. The lowest BCUT2D eigenvalue weighted by atomic mass is 9.99. The van der Waals surface area contributed by atoms with E-state index in [2.05, 4.69) is 15.2 Å². The van der Waals surface area contributed by atoms with Gasteiger partial charge in [0, 0.05) is 32.2 Å². The average Bonchev–Trinajstić information content (AvgIpc) is 2.49. The predicted molar refractivity (Wildman–Crippen MR) is 83.2 cm³/mol. The number of nitrogens with two attached hydrogens (primary N) is 1. The summed E-state index contributed by atoms with van der Waals surface area (Å²) >= 11 is 0. The molecule has 1 amide bonds. The number of nitrogens with one attached hydrogen (secondary N) is 1. The first kappa shape index (κ1) is 15.7. The zero-order chi connectivity index (χ0) is 15.1. The normalized spacial score (nSPS) is 18.6. The summed E-state index contributed by atoms with van der Waals surface area (Å²) < 4.78 is 0. The predicted octanol–water partition coefficient (Wildman–Crippen LogP) is 1.11. The molecular formula is C15H24N4O2.